The lowest BCUT2D eigenvalue weighted by atomic mass is 10.3. The lowest BCUT2D eigenvalue weighted by molar-refractivity contribution is -0.0287. The van der Waals surface area contributed by atoms with Crippen molar-refractivity contribution >= 4 is 0 Å². The molecular weight excluding hydrogens is 144 g/mol. The second-order valence-corrected chi connectivity index (χ2v) is 2.68. The summed E-state index contributed by atoms with van der Waals surface area (Å²) in [5.74, 6) is 0. The molecule has 2 rings (SSSR count). The molecule has 1 N–H and O–H groups in total. The fourth-order valence-electron chi connectivity index (χ4n) is 1.03. The Bertz CT molecular complexity index is 242. The Kier molecular flexibility index (Phi) is 1.63. The minimum absolute atomic E-state index is 0.0631. The van der Waals surface area contributed by atoms with Crippen LogP contribution in [-0.2, 0) is 11.3 Å². The van der Waals surface area contributed by atoms with E-state index in [1.54, 1.807) is 6.20 Å². The van der Waals surface area contributed by atoms with Crippen LogP contribution >= 0.6 is 0 Å². The third kappa shape index (κ3) is 1.15. The highest BCUT2D eigenvalue weighted by Gasteiger charge is 2.20. The minimum atomic E-state index is 0.0631. The zero-order chi connectivity index (χ0) is 7.68. The quantitative estimate of drug-likeness (QED) is 0.649. The Morgan fingerprint density at radius 3 is 3.00 bits per heavy atom. The molecule has 2 heterocycles. The first-order valence-electron chi connectivity index (χ1n) is 3.62. The van der Waals surface area contributed by atoms with Gasteiger partial charge in [-0.3, -0.25) is 4.68 Å². The van der Waals surface area contributed by atoms with E-state index < -0.39 is 0 Å². The second kappa shape index (κ2) is 2.64. The van der Waals surface area contributed by atoms with E-state index in [9.17, 15) is 0 Å². The molecule has 0 saturated carbocycles. The van der Waals surface area contributed by atoms with E-state index in [0.717, 1.165) is 18.8 Å². The molecule has 0 bridgehead atoms. The molecule has 0 aliphatic carbocycles. The van der Waals surface area contributed by atoms with Crippen molar-refractivity contribution in [2.24, 2.45) is 0 Å². The van der Waals surface area contributed by atoms with Crippen molar-refractivity contribution in [1.82, 2.24) is 9.78 Å². The highest BCUT2D eigenvalue weighted by molar-refractivity contribution is 5.02. The van der Waals surface area contributed by atoms with E-state index in [4.69, 9.17) is 9.84 Å². The monoisotopic (exact) mass is 154 g/mol. The largest absolute Gasteiger partial charge is 0.392 e. The molecule has 1 aromatic rings. The Labute approximate surface area is 64.4 Å². The van der Waals surface area contributed by atoms with Gasteiger partial charge in [0.1, 0.15) is 0 Å². The van der Waals surface area contributed by atoms with E-state index in [1.165, 1.54) is 0 Å². The van der Waals surface area contributed by atoms with Crippen LogP contribution in [0.5, 0.6) is 0 Å². The molecule has 4 heteroatoms. The maximum absolute atomic E-state index is 8.74. The number of hydrogen-bond acceptors (Lipinski definition) is 3. The summed E-state index contributed by atoms with van der Waals surface area (Å²) in [4.78, 5) is 0. The third-order valence-corrected chi connectivity index (χ3v) is 1.83. The number of nitrogens with zero attached hydrogens (tertiary/aromatic N) is 2. The first-order chi connectivity index (χ1) is 5.40. The predicted octanol–water partition coefficient (Wildman–Crippen LogP) is -0.0533. The first kappa shape index (κ1) is 6.82. The molecule has 0 atom stereocenters. The Hall–Kier alpha value is -0.870. The Morgan fingerprint density at radius 1 is 1.73 bits per heavy atom. The van der Waals surface area contributed by atoms with Crippen LogP contribution < -0.4 is 0 Å². The smallest absolute Gasteiger partial charge is 0.0985 e. The molecule has 0 amide bonds. The molecule has 0 unspecified atom stereocenters. The summed E-state index contributed by atoms with van der Waals surface area (Å²) in [7, 11) is 0. The van der Waals surface area contributed by atoms with Crippen molar-refractivity contribution < 1.29 is 9.84 Å². The van der Waals surface area contributed by atoms with Crippen molar-refractivity contribution in [2.75, 3.05) is 13.2 Å². The summed E-state index contributed by atoms with van der Waals surface area (Å²) in [6, 6.07) is 0.385. The van der Waals surface area contributed by atoms with Gasteiger partial charge in [0.2, 0.25) is 0 Å². The van der Waals surface area contributed by atoms with Crippen LogP contribution in [0.4, 0.5) is 0 Å². The van der Waals surface area contributed by atoms with Crippen LogP contribution in [0.1, 0.15) is 11.6 Å². The van der Waals surface area contributed by atoms with Crippen molar-refractivity contribution in [3.63, 3.8) is 0 Å². The average molecular weight is 154 g/mol. The number of aromatic nitrogens is 2. The fourth-order valence-corrected chi connectivity index (χ4v) is 1.03. The number of hydrogen-bond donors (Lipinski definition) is 1. The second-order valence-electron chi connectivity index (χ2n) is 2.68. The minimum Gasteiger partial charge on any atom is -0.392 e. The molecule has 60 valence electrons. The SMILES string of the molecule is OCc1cnn(C2COC2)c1. The van der Waals surface area contributed by atoms with Crippen molar-refractivity contribution in [3.8, 4) is 0 Å². The predicted molar refractivity (Wildman–Crippen MR) is 38.0 cm³/mol. The number of aliphatic hydroxyl groups excluding tert-OH is 1. The van der Waals surface area contributed by atoms with Gasteiger partial charge in [-0.1, -0.05) is 0 Å². The molecule has 11 heavy (non-hydrogen) atoms. The van der Waals surface area contributed by atoms with Gasteiger partial charge < -0.3 is 9.84 Å². The summed E-state index contributed by atoms with van der Waals surface area (Å²) in [5.41, 5.74) is 0.858. The maximum atomic E-state index is 8.74. The number of aliphatic hydroxyl groups is 1. The molecule has 1 aliphatic heterocycles. The topological polar surface area (TPSA) is 47.3 Å². The van der Waals surface area contributed by atoms with Crippen LogP contribution in [0.2, 0.25) is 0 Å². The molecule has 0 aromatic carbocycles. The Morgan fingerprint density at radius 2 is 2.55 bits per heavy atom. The molecular formula is C7H10N2O2. The summed E-state index contributed by atoms with van der Waals surface area (Å²) < 4.78 is 6.85. The highest BCUT2D eigenvalue weighted by Crippen LogP contribution is 2.15. The number of ether oxygens (including phenoxy) is 1. The van der Waals surface area contributed by atoms with Crippen molar-refractivity contribution in [3.05, 3.63) is 18.0 Å². The standard InChI is InChI=1S/C7H10N2O2/c10-3-6-1-8-9(2-6)7-4-11-5-7/h1-2,7,10H,3-5H2. The molecule has 0 radical (unpaired) electrons. The molecule has 4 nitrogen and oxygen atoms in total. The van der Waals surface area contributed by atoms with Gasteiger partial charge in [-0.15, -0.1) is 0 Å². The highest BCUT2D eigenvalue weighted by atomic mass is 16.5. The fraction of sp³-hybridized carbons (Fsp3) is 0.571. The van der Waals surface area contributed by atoms with Gasteiger partial charge in [0, 0.05) is 11.8 Å². The summed E-state index contributed by atoms with van der Waals surface area (Å²) >= 11 is 0. The molecule has 1 aliphatic rings. The van der Waals surface area contributed by atoms with Crippen LogP contribution in [0.25, 0.3) is 0 Å². The molecule has 1 saturated heterocycles. The van der Waals surface area contributed by atoms with Gasteiger partial charge in [0.25, 0.3) is 0 Å². The van der Waals surface area contributed by atoms with E-state index in [-0.39, 0.29) is 6.61 Å². The lowest BCUT2D eigenvalue weighted by Crippen LogP contribution is -2.30. The summed E-state index contributed by atoms with van der Waals surface area (Å²) in [5, 5.41) is 12.8. The maximum Gasteiger partial charge on any atom is 0.0985 e. The molecule has 1 aromatic heterocycles. The van der Waals surface area contributed by atoms with Gasteiger partial charge in [0.15, 0.2) is 0 Å². The first-order valence-corrected chi connectivity index (χ1v) is 3.62. The van der Waals surface area contributed by atoms with E-state index >= 15 is 0 Å². The summed E-state index contributed by atoms with van der Waals surface area (Å²) in [6.45, 7) is 1.55. The average Bonchev–Trinajstić information content (AvgIpc) is 2.32. The van der Waals surface area contributed by atoms with Gasteiger partial charge in [-0.05, 0) is 0 Å². The van der Waals surface area contributed by atoms with Crippen LogP contribution in [0.3, 0.4) is 0 Å². The van der Waals surface area contributed by atoms with E-state index in [1.807, 2.05) is 10.9 Å². The van der Waals surface area contributed by atoms with Crippen molar-refractivity contribution in [2.45, 2.75) is 12.6 Å². The summed E-state index contributed by atoms with van der Waals surface area (Å²) in [6.07, 6.45) is 3.53. The third-order valence-electron chi connectivity index (χ3n) is 1.83. The van der Waals surface area contributed by atoms with Gasteiger partial charge in [0.05, 0.1) is 32.1 Å². The van der Waals surface area contributed by atoms with Crippen molar-refractivity contribution in [1.29, 1.82) is 0 Å². The normalized spacial score (nSPS) is 18.3. The van der Waals surface area contributed by atoms with Gasteiger partial charge in [-0.2, -0.15) is 5.10 Å². The van der Waals surface area contributed by atoms with Crippen LogP contribution in [0.15, 0.2) is 12.4 Å². The van der Waals surface area contributed by atoms with Gasteiger partial charge in [-0.25, -0.2) is 0 Å². The van der Waals surface area contributed by atoms with E-state index in [0.29, 0.717) is 6.04 Å². The van der Waals surface area contributed by atoms with Gasteiger partial charge >= 0.3 is 0 Å². The molecule has 1 fully saturated rings. The Balaban J connectivity index is 2.11. The van der Waals surface area contributed by atoms with Crippen LogP contribution in [0, 0.1) is 0 Å². The molecule has 0 spiro atoms. The number of rotatable bonds is 2. The zero-order valence-corrected chi connectivity index (χ0v) is 6.10. The lowest BCUT2D eigenvalue weighted by Gasteiger charge is -2.25. The van der Waals surface area contributed by atoms with Crippen LogP contribution in [-0.4, -0.2) is 28.1 Å². The van der Waals surface area contributed by atoms with E-state index in [2.05, 4.69) is 5.10 Å². The zero-order valence-electron chi connectivity index (χ0n) is 6.10.